The highest BCUT2D eigenvalue weighted by molar-refractivity contribution is 6.76. The van der Waals surface area contributed by atoms with Crippen LogP contribution in [0.25, 0.3) is 0 Å². The van der Waals surface area contributed by atoms with E-state index in [1.54, 1.807) is 6.92 Å². The second-order valence-corrected chi connectivity index (χ2v) is 44.8. The van der Waals surface area contributed by atoms with Gasteiger partial charge in [0.15, 0.2) is 8.32 Å². The van der Waals surface area contributed by atoms with Crippen molar-refractivity contribution in [2.24, 2.45) is 5.73 Å². The fourth-order valence-electron chi connectivity index (χ4n) is 1.67. The SMILES string of the molecule is C.C.C.C.C.C=CCC.CCCC[Si](C)(C)C.CCN.CCN[Si](C)(C)C.CCO.CCO[Si](C)(C)C.C[SiH](C)C.C[SiH](C)C.C[Si](C)(C)C.[HH]. The molecule has 0 saturated carbocycles. The standard InChI is InChI=1S/C7H18Si.C5H15NSi.C5H14OSi.C4H12Si.C4H8.2C3H10Si.C2H7N.C2H6O.5CH4.H2/c1-5-6-7-8(2,3)4;2*1-5-6-7(2,3)4;1-5(2,3)4;1-3-4-2;2*1-4(2)3;2*1-2-3;;;;;;/h5-7H2,1-4H3;6H,5H2,1-4H3;5H2,1-4H3;1-4H3;3H,1,4H2,2H3;2*4H,1-3H3;2-3H2,1H3;3H,2H2,1H3;5*1H4;1H. The highest BCUT2D eigenvalue weighted by Gasteiger charge is 2.11. The molecule has 4 nitrogen and oxygen atoms in total. The van der Waals surface area contributed by atoms with Crippen molar-refractivity contribution >= 4 is 50.3 Å². The van der Waals surface area contributed by atoms with Gasteiger partial charge in [0.1, 0.15) is 8.24 Å². The van der Waals surface area contributed by atoms with E-state index >= 15 is 0 Å². The number of rotatable bonds is 8. The van der Waals surface area contributed by atoms with Crippen LogP contribution in [0.15, 0.2) is 12.7 Å². The molecule has 0 radical (unpaired) electrons. The normalized spacial score (nSPS) is 9.14. The molecule has 0 fully saturated rings. The van der Waals surface area contributed by atoms with Crippen LogP contribution >= 0.6 is 0 Å². The maximum absolute atomic E-state index is 7.57. The molecular weight excluding hydrogens is 709 g/mol. The predicted molar refractivity (Wildman–Crippen MR) is 277 cm³/mol. The summed E-state index contributed by atoms with van der Waals surface area (Å²) >= 11 is 0. The van der Waals surface area contributed by atoms with Crippen LogP contribution in [0, 0.1) is 0 Å². The van der Waals surface area contributed by atoms with Gasteiger partial charge in [0.25, 0.3) is 0 Å². The summed E-state index contributed by atoms with van der Waals surface area (Å²) in [4.78, 5) is 3.42. The molecule has 0 rings (SSSR count). The zero-order valence-corrected chi connectivity index (χ0v) is 43.3. The minimum atomic E-state index is -1.16. The van der Waals surface area contributed by atoms with Crippen LogP contribution in [0.1, 0.15) is 99.4 Å². The Hall–Kier alpha value is 0.881. The monoisotopic (exact) mass is 831 g/mol. The number of nitrogens with two attached hydrogens (primary N) is 1. The van der Waals surface area contributed by atoms with E-state index in [4.69, 9.17) is 15.3 Å². The molecule has 0 aliphatic carbocycles. The minimum absolute atomic E-state index is 0. The second-order valence-electron chi connectivity index (χ2n) is 16.9. The first-order chi connectivity index (χ1) is 19.9. The van der Waals surface area contributed by atoms with Crippen molar-refractivity contribution in [2.45, 2.75) is 228 Å². The van der Waals surface area contributed by atoms with Crippen LogP contribution in [0.4, 0.5) is 0 Å². The summed E-state index contributed by atoms with van der Waals surface area (Å²) < 4.78 is 5.37. The van der Waals surface area contributed by atoms with Crippen LogP contribution in [0.3, 0.4) is 0 Å². The van der Waals surface area contributed by atoms with Gasteiger partial charge in [-0.15, -0.1) is 6.58 Å². The highest BCUT2D eigenvalue weighted by Crippen LogP contribution is 2.11. The van der Waals surface area contributed by atoms with E-state index in [9.17, 15) is 0 Å². The summed E-state index contributed by atoms with van der Waals surface area (Å²) in [7, 11) is -3.63. The number of aliphatic hydroxyl groups excluding tert-OH is 1. The van der Waals surface area contributed by atoms with E-state index in [1.807, 2.05) is 19.9 Å². The summed E-state index contributed by atoms with van der Waals surface area (Å²) in [6.45, 7) is 62.5. The molecule has 0 heterocycles. The van der Waals surface area contributed by atoms with E-state index < -0.39 is 32.7 Å². The molecule has 0 atom stereocenters. The zero-order chi connectivity index (χ0) is 38.9. The number of hydrogen-bond donors (Lipinski definition) is 3. The van der Waals surface area contributed by atoms with Gasteiger partial charge < -0.3 is 20.2 Å². The summed E-state index contributed by atoms with van der Waals surface area (Å²) in [5.74, 6) is 0. The topological polar surface area (TPSA) is 67.5 Å². The number of aliphatic hydroxyl groups is 1. The maximum atomic E-state index is 7.57. The first-order valence-corrected chi connectivity index (χ1v) is 39.7. The van der Waals surface area contributed by atoms with Crippen molar-refractivity contribution < 1.29 is 11.0 Å². The smallest absolute Gasteiger partial charge is 0.183 e. The van der Waals surface area contributed by atoms with E-state index in [1.165, 1.54) is 18.9 Å². The Morgan fingerprint density at radius 3 is 0.920 bits per heavy atom. The number of allylic oxidation sites excluding steroid dienone is 1. The third-order valence-electron chi connectivity index (χ3n) is 2.85. The fourth-order valence-corrected chi connectivity index (χ4v) is 5.01. The Kier molecular flexibility index (Phi) is 126. The Morgan fingerprint density at radius 2 is 0.900 bits per heavy atom. The number of hydrogen-bond acceptors (Lipinski definition) is 4. The van der Waals surface area contributed by atoms with Crippen LogP contribution in [-0.2, 0) is 4.43 Å². The van der Waals surface area contributed by atoms with Crippen LogP contribution in [0.2, 0.25) is 130 Å². The van der Waals surface area contributed by atoms with Crippen LogP contribution < -0.4 is 10.7 Å². The Morgan fingerprint density at radius 1 is 0.680 bits per heavy atom. The minimum Gasteiger partial charge on any atom is -0.418 e. The van der Waals surface area contributed by atoms with E-state index in [2.05, 4.69) is 157 Å². The van der Waals surface area contributed by atoms with Crippen LogP contribution in [0.5, 0.6) is 0 Å². The Balaban J connectivity index is -0.0000000221. The van der Waals surface area contributed by atoms with E-state index in [-0.39, 0.29) is 62.8 Å². The lowest BCUT2D eigenvalue weighted by molar-refractivity contribution is 0.318. The molecule has 0 saturated heterocycles. The molecule has 0 aliphatic heterocycles. The van der Waals surface area contributed by atoms with Gasteiger partial charge >= 0.3 is 0 Å². The average molecular weight is 832 g/mol. The summed E-state index contributed by atoms with van der Waals surface area (Å²) in [5.41, 5.74) is 4.85. The fraction of sp³-hybridized carbons (Fsp3) is 0.950. The molecule has 0 aromatic carbocycles. The third-order valence-corrected chi connectivity index (χ3v) is 7.28. The molecule has 0 amide bonds. The number of nitrogens with one attached hydrogen (secondary N) is 1. The molecule has 0 aromatic rings. The van der Waals surface area contributed by atoms with E-state index in [0.717, 1.165) is 26.1 Å². The summed E-state index contributed by atoms with van der Waals surface area (Å²) in [6, 6.07) is 1.50. The predicted octanol–water partition coefficient (Wildman–Crippen LogP) is 15.5. The molecule has 0 spiro atoms. The van der Waals surface area contributed by atoms with Gasteiger partial charge in [0.2, 0.25) is 0 Å². The lowest BCUT2D eigenvalue weighted by Gasteiger charge is -2.15. The van der Waals surface area contributed by atoms with Gasteiger partial charge in [-0.05, 0) is 53.0 Å². The van der Waals surface area contributed by atoms with E-state index in [0.29, 0.717) is 0 Å². The third kappa shape index (κ3) is 506. The number of unbranched alkanes of at least 4 members (excludes halogenated alkanes) is 1. The van der Waals surface area contributed by atoms with Crippen molar-refractivity contribution in [3.05, 3.63) is 12.7 Å². The maximum Gasteiger partial charge on any atom is 0.183 e. The largest absolute Gasteiger partial charge is 0.418 e. The molecule has 50 heavy (non-hydrogen) atoms. The van der Waals surface area contributed by atoms with Crippen molar-refractivity contribution in [3.63, 3.8) is 0 Å². The molecule has 0 aliphatic rings. The molecule has 4 N–H and O–H groups in total. The highest BCUT2D eigenvalue weighted by atomic mass is 28.4. The lowest BCUT2D eigenvalue weighted by atomic mass is 10.4. The molecule has 0 bridgehead atoms. The van der Waals surface area contributed by atoms with Crippen molar-refractivity contribution in [1.82, 2.24) is 4.98 Å². The molecule has 328 valence electrons. The van der Waals surface area contributed by atoms with Crippen molar-refractivity contribution in [3.8, 4) is 0 Å². The Bertz CT molecular complexity index is 444. The first kappa shape index (κ1) is 93.1. The summed E-state index contributed by atoms with van der Waals surface area (Å²) in [6.07, 6.45) is 5.76. The van der Waals surface area contributed by atoms with Gasteiger partial charge in [-0.1, -0.05) is 195 Å². The molecule has 0 aromatic heterocycles. The van der Waals surface area contributed by atoms with Gasteiger partial charge in [-0.3, -0.25) is 0 Å². The quantitative estimate of drug-likeness (QED) is 0.168. The average Bonchev–Trinajstić information content (AvgIpc) is 2.76. The lowest BCUT2D eigenvalue weighted by Crippen LogP contribution is -2.40. The van der Waals surface area contributed by atoms with Crippen molar-refractivity contribution in [2.75, 3.05) is 26.3 Å². The first-order valence-electron chi connectivity index (χ1n) is 18.2. The molecule has 10 heteroatoms. The summed E-state index contributed by atoms with van der Waals surface area (Å²) in [5, 5.41) is 7.57. The Labute approximate surface area is 337 Å². The van der Waals surface area contributed by atoms with Crippen LogP contribution in [-0.4, -0.2) is 81.7 Å². The van der Waals surface area contributed by atoms with Gasteiger partial charge in [-0.25, -0.2) is 0 Å². The second kappa shape index (κ2) is 67.9. The van der Waals surface area contributed by atoms with Crippen molar-refractivity contribution in [1.29, 1.82) is 0 Å². The molecular formula is C40H122N2O2Si6. The molecule has 0 unspecified atom stereocenters. The van der Waals surface area contributed by atoms with Gasteiger partial charge in [0.05, 0.1) is 0 Å². The zero-order valence-electron chi connectivity index (χ0n) is 37.0. The van der Waals surface area contributed by atoms with Gasteiger partial charge in [0, 0.05) is 48.4 Å². The van der Waals surface area contributed by atoms with Gasteiger partial charge in [-0.2, -0.15) is 0 Å².